The molecule has 76 heavy (non-hydrogen) atoms. The van der Waals surface area contributed by atoms with E-state index in [4.69, 9.17) is 19.6 Å². The Morgan fingerprint density at radius 3 is 2.25 bits per heavy atom. The van der Waals surface area contributed by atoms with Gasteiger partial charge < -0.3 is 39.7 Å². The van der Waals surface area contributed by atoms with Crippen molar-refractivity contribution in [3.63, 3.8) is 0 Å². The number of amides is 4. The average molecular weight is 1130 g/mol. The summed E-state index contributed by atoms with van der Waals surface area (Å²) >= 11 is 3.59. The lowest BCUT2D eigenvalue weighted by atomic mass is 10.00. The van der Waals surface area contributed by atoms with Gasteiger partial charge in [-0.25, -0.2) is 9.78 Å². The van der Waals surface area contributed by atoms with Crippen LogP contribution in [0.4, 0.5) is 47.7 Å². The molecule has 402 valence electrons. The molecule has 2 atom stereocenters. The molecule has 25 heteroatoms. The number of rotatable bonds is 12. The number of fused-ring (bicyclic) bond motifs is 2. The lowest BCUT2D eigenvalue weighted by Gasteiger charge is -2.44. The van der Waals surface area contributed by atoms with Gasteiger partial charge in [0.25, 0.3) is 11.8 Å². The lowest BCUT2D eigenvalue weighted by Crippen LogP contribution is -2.54. The number of alkyl halides is 3. The number of nitrogens with zero attached hydrogens (tertiary/aromatic N) is 9. The van der Waals surface area contributed by atoms with Crippen molar-refractivity contribution in [2.45, 2.75) is 57.3 Å². The van der Waals surface area contributed by atoms with Crippen LogP contribution in [0.15, 0.2) is 65.5 Å². The Morgan fingerprint density at radius 1 is 0.868 bits per heavy atom. The van der Waals surface area contributed by atoms with E-state index in [0.717, 1.165) is 106 Å². The molecule has 5 aromatic rings. The standard InChI is InChI=1S/C49H56BrN12O6P.C2HF3O2/c1-29-23-38(55-49-53-26-35(50)45(57-49)54-37-8-7-36-43(52-15-14-51-36)44(37)69(3,4)67)41(68-2)25-40(29)60-17-12-31(13-18-60)59-21-19-58(20-22-59)27-30-11-16-61(28-30)32-5-6-33-34(24-32)48(66)62(47(33)65)39-9-10-42(63)56-46(39)64;3-2(4,5)1(6)7/h5-8,14-15,23-26,30-31,39H,9-13,16-22,27-28H2,1-4H3,(H,56,63,64)(H2,53,54,55,57);(H,6,7). The number of aryl methyl sites for hydroxylation is 1. The monoisotopic (exact) mass is 1130 g/mol. The SMILES string of the molecule is COc1cc(N2CCC(N3CCN(CC4CCN(c5ccc6c(c5)C(=O)N(C5CCC(=O)NC5=O)C6=O)C4)CC3)CC2)c(C)cc1Nc1ncc(Br)c(Nc2ccc3nccnc3c2P(C)(C)=O)n1.O=C(O)C(F)(F)F. The number of imide groups is 2. The summed E-state index contributed by atoms with van der Waals surface area (Å²) in [6, 6.07) is 12.9. The Balaban J connectivity index is 0.000000943. The van der Waals surface area contributed by atoms with Gasteiger partial charge in [0.15, 0.2) is 0 Å². The molecule has 4 saturated heterocycles. The number of anilines is 6. The van der Waals surface area contributed by atoms with Crippen LogP contribution in [0.3, 0.4) is 0 Å². The third-order valence-corrected chi connectivity index (χ3v) is 16.6. The first-order chi connectivity index (χ1) is 36.2. The molecule has 0 aliphatic carbocycles. The number of carboxylic acid groups (broad SMARTS) is 1. The van der Waals surface area contributed by atoms with Gasteiger partial charge in [0, 0.05) is 107 Å². The Hall–Kier alpha value is -6.75. The van der Waals surface area contributed by atoms with Crippen molar-refractivity contribution in [2.75, 3.05) is 99.8 Å². The van der Waals surface area contributed by atoms with Crippen LogP contribution in [0.2, 0.25) is 0 Å². The molecule has 0 radical (unpaired) electrons. The van der Waals surface area contributed by atoms with Crippen LogP contribution >= 0.6 is 23.1 Å². The molecule has 7 heterocycles. The molecular formula is C51H57BrF3N12O8P. The van der Waals surface area contributed by atoms with E-state index in [1.54, 1.807) is 51.2 Å². The summed E-state index contributed by atoms with van der Waals surface area (Å²) in [6.45, 7) is 14.4. The number of aliphatic carboxylic acids is 1. The zero-order chi connectivity index (χ0) is 54.2. The smallest absolute Gasteiger partial charge is 0.490 e. The van der Waals surface area contributed by atoms with E-state index in [9.17, 15) is 36.9 Å². The fourth-order valence-electron chi connectivity index (χ4n) is 10.7. The Morgan fingerprint density at radius 2 is 1.57 bits per heavy atom. The molecule has 10 rings (SSSR count). The number of aromatic nitrogens is 4. The molecule has 0 spiro atoms. The highest BCUT2D eigenvalue weighted by atomic mass is 79.9. The van der Waals surface area contributed by atoms with Crippen molar-refractivity contribution in [1.82, 2.24) is 40.0 Å². The highest BCUT2D eigenvalue weighted by Gasteiger charge is 2.45. The van der Waals surface area contributed by atoms with E-state index in [1.807, 2.05) is 18.2 Å². The summed E-state index contributed by atoms with van der Waals surface area (Å²) in [6.07, 6.45) is 3.27. The minimum absolute atomic E-state index is 0.0950. The number of hydrogen-bond donors (Lipinski definition) is 4. The topological polar surface area (TPSA) is 236 Å². The maximum absolute atomic E-state index is 13.5. The van der Waals surface area contributed by atoms with E-state index in [2.05, 4.69) is 85.5 Å². The van der Waals surface area contributed by atoms with Gasteiger partial charge in [-0.05, 0) is 110 Å². The minimum Gasteiger partial charge on any atom is -0.494 e. The normalized spacial score (nSPS) is 19.9. The van der Waals surface area contributed by atoms with Crippen molar-refractivity contribution in [2.24, 2.45) is 5.92 Å². The van der Waals surface area contributed by atoms with Gasteiger partial charge >= 0.3 is 12.1 Å². The number of piperazine rings is 1. The van der Waals surface area contributed by atoms with Crippen LogP contribution in [-0.2, 0) is 18.9 Å². The van der Waals surface area contributed by atoms with Crippen LogP contribution in [0, 0.1) is 12.8 Å². The first kappa shape index (κ1) is 54.1. The minimum atomic E-state index is -5.08. The number of carbonyl (C=O) groups is 5. The molecule has 4 N–H and O–H groups in total. The van der Waals surface area contributed by atoms with Gasteiger partial charge in [-0.3, -0.25) is 44.3 Å². The van der Waals surface area contributed by atoms with Crippen molar-refractivity contribution in [1.29, 1.82) is 0 Å². The number of ether oxygens (including phenoxy) is 1. The maximum Gasteiger partial charge on any atom is 0.490 e. The van der Waals surface area contributed by atoms with Crippen LogP contribution in [0.25, 0.3) is 11.0 Å². The third-order valence-electron chi connectivity index (χ3n) is 14.5. The summed E-state index contributed by atoms with van der Waals surface area (Å²) in [4.78, 5) is 89.1. The molecule has 3 aromatic carbocycles. The molecule has 4 fully saturated rings. The Labute approximate surface area is 444 Å². The highest BCUT2D eigenvalue weighted by molar-refractivity contribution is 9.10. The second-order valence-electron chi connectivity index (χ2n) is 19.9. The van der Waals surface area contributed by atoms with Gasteiger partial charge in [-0.1, -0.05) is 0 Å². The number of halogens is 4. The number of carbonyl (C=O) groups excluding carboxylic acids is 4. The van der Waals surface area contributed by atoms with Crippen molar-refractivity contribution in [3.05, 3.63) is 82.2 Å². The summed E-state index contributed by atoms with van der Waals surface area (Å²) in [5, 5.41) is 16.7. The molecule has 0 saturated carbocycles. The predicted molar refractivity (Wildman–Crippen MR) is 283 cm³/mol. The van der Waals surface area contributed by atoms with Gasteiger partial charge in [0.05, 0.1) is 44.9 Å². The largest absolute Gasteiger partial charge is 0.494 e. The first-order valence-corrected chi connectivity index (χ1v) is 28.2. The fourth-order valence-corrected chi connectivity index (χ4v) is 12.4. The Bertz CT molecular complexity index is 3150. The Kier molecular flexibility index (Phi) is 15.7. The van der Waals surface area contributed by atoms with Gasteiger partial charge in [-0.15, -0.1) is 0 Å². The average Bonchev–Trinajstić information content (AvgIpc) is 3.96. The maximum atomic E-state index is 13.5. The summed E-state index contributed by atoms with van der Waals surface area (Å²) in [5.74, 6) is -2.65. The summed E-state index contributed by atoms with van der Waals surface area (Å²) in [7, 11) is -1.11. The predicted octanol–water partition coefficient (Wildman–Crippen LogP) is 6.38. The second kappa shape index (κ2) is 22.1. The molecule has 5 aliphatic rings. The number of hydrogen-bond acceptors (Lipinski definition) is 17. The molecule has 2 unspecified atom stereocenters. The quantitative estimate of drug-likeness (QED) is 0.0783. The van der Waals surface area contributed by atoms with Crippen LogP contribution in [0.1, 0.15) is 58.4 Å². The molecule has 2 aromatic heterocycles. The lowest BCUT2D eigenvalue weighted by molar-refractivity contribution is -0.192. The molecule has 5 aliphatic heterocycles. The van der Waals surface area contributed by atoms with E-state index in [0.29, 0.717) is 67.1 Å². The summed E-state index contributed by atoms with van der Waals surface area (Å²) < 4.78 is 51.8. The number of nitrogens with one attached hydrogen (secondary N) is 3. The van der Waals surface area contributed by atoms with Crippen molar-refractivity contribution >= 4 is 104 Å². The second-order valence-corrected chi connectivity index (χ2v) is 23.9. The molecule has 20 nitrogen and oxygen atoms in total. The van der Waals surface area contributed by atoms with E-state index >= 15 is 0 Å². The van der Waals surface area contributed by atoms with Crippen molar-refractivity contribution < 1.29 is 51.6 Å². The third kappa shape index (κ3) is 11.6. The summed E-state index contributed by atoms with van der Waals surface area (Å²) in [5.41, 5.74) is 6.45. The van der Waals surface area contributed by atoms with Crippen LogP contribution < -0.4 is 35.8 Å². The van der Waals surface area contributed by atoms with E-state index in [-0.39, 0.29) is 18.7 Å². The number of carboxylic acids is 1. The first-order valence-electron chi connectivity index (χ1n) is 24.8. The fraction of sp³-hybridized carbons (Fsp3) is 0.431. The van der Waals surface area contributed by atoms with E-state index < -0.39 is 43.1 Å². The van der Waals surface area contributed by atoms with Crippen LogP contribution in [0.5, 0.6) is 5.75 Å². The number of methoxy groups -OCH3 is 1. The number of piperidine rings is 2. The molecule has 0 bridgehead atoms. The number of benzene rings is 3. The van der Waals surface area contributed by atoms with Gasteiger partial charge in [0.2, 0.25) is 17.8 Å². The van der Waals surface area contributed by atoms with E-state index in [1.165, 1.54) is 0 Å². The highest BCUT2D eigenvalue weighted by Crippen LogP contribution is 2.42. The zero-order valence-electron chi connectivity index (χ0n) is 42.2. The zero-order valence-corrected chi connectivity index (χ0v) is 44.7. The molecular weight excluding hydrogens is 1080 g/mol. The van der Waals surface area contributed by atoms with Gasteiger partial charge in [0.1, 0.15) is 30.3 Å². The van der Waals surface area contributed by atoms with Gasteiger partial charge in [-0.2, -0.15) is 18.2 Å². The van der Waals surface area contributed by atoms with Crippen molar-refractivity contribution in [3.8, 4) is 5.75 Å². The molecule has 4 amide bonds. The van der Waals surface area contributed by atoms with Crippen LogP contribution in [-0.4, -0.2) is 167 Å².